The zero-order chi connectivity index (χ0) is 10.1. The molecule has 0 spiro atoms. The first-order chi connectivity index (χ1) is 6.93. The van der Waals surface area contributed by atoms with Gasteiger partial charge in [0.2, 0.25) is 0 Å². The van der Waals surface area contributed by atoms with Gasteiger partial charge in [-0.2, -0.15) is 0 Å². The molecule has 2 heteroatoms. The molecule has 0 aliphatic rings. The van der Waals surface area contributed by atoms with Crippen LogP contribution in [0.4, 0.5) is 5.82 Å². The average molecular weight is 194 g/mol. The Bertz CT molecular complexity index is 204. The van der Waals surface area contributed by atoms with Crippen molar-refractivity contribution in [2.24, 2.45) is 0 Å². The molecule has 0 saturated carbocycles. The molecule has 1 rings (SSSR count). The Morgan fingerprint density at radius 3 is 2.64 bits per heavy atom. The Balaban J connectivity index is 1.85. The Morgan fingerprint density at radius 1 is 1.14 bits per heavy atom. The lowest BCUT2D eigenvalue weighted by Crippen LogP contribution is -2.01. The largest absolute Gasteiger partial charge is 0.372 e. The molecule has 0 radical (unpaired) electrons. The average Bonchev–Trinajstić information content (AvgIpc) is 2.69. The third-order valence-corrected chi connectivity index (χ3v) is 2.44. The van der Waals surface area contributed by atoms with Crippen LogP contribution in [-0.4, -0.2) is 11.5 Å². The lowest BCUT2D eigenvalue weighted by atomic mass is 10.1. The van der Waals surface area contributed by atoms with Crippen LogP contribution in [0.5, 0.6) is 0 Å². The zero-order valence-electron chi connectivity index (χ0n) is 9.18. The molecule has 2 N–H and O–H groups in total. The molecule has 1 aromatic heterocycles. The molecule has 14 heavy (non-hydrogen) atoms. The summed E-state index contributed by atoms with van der Waals surface area (Å²) < 4.78 is 0. The summed E-state index contributed by atoms with van der Waals surface area (Å²) in [5.74, 6) is 1.14. The fraction of sp³-hybridized carbons (Fsp3) is 0.667. The normalized spacial score (nSPS) is 10.4. The van der Waals surface area contributed by atoms with Crippen LogP contribution in [0.25, 0.3) is 0 Å². The van der Waals surface area contributed by atoms with E-state index in [2.05, 4.69) is 23.3 Å². The lowest BCUT2D eigenvalue weighted by molar-refractivity contribution is 0.617. The SMILES string of the molecule is CCCCCCCCNc1ccc[nH]1. The molecule has 0 amide bonds. The molecule has 80 valence electrons. The van der Waals surface area contributed by atoms with Gasteiger partial charge in [0.15, 0.2) is 0 Å². The van der Waals surface area contributed by atoms with E-state index in [4.69, 9.17) is 0 Å². The molecular weight excluding hydrogens is 172 g/mol. The van der Waals surface area contributed by atoms with E-state index in [0.717, 1.165) is 12.4 Å². The van der Waals surface area contributed by atoms with Crippen LogP contribution in [0, 0.1) is 0 Å². The minimum atomic E-state index is 1.09. The molecule has 0 saturated heterocycles. The Hall–Kier alpha value is -0.920. The second-order valence-electron chi connectivity index (χ2n) is 3.78. The first kappa shape index (κ1) is 11.2. The maximum atomic E-state index is 3.36. The predicted octanol–water partition coefficient (Wildman–Crippen LogP) is 3.79. The second-order valence-corrected chi connectivity index (χ2v) is 3.78. The van der Waals surface area contributed by atoms with Crippen LogP contribution >= 0.6 is 0 Å². The van der Waals surface area contributed by atoms with E-state index >= 15 is 0 Å². The summed E-state index contributed by atoms with van der Waals surface area (Å²) >= 11 is 0. The number of aromatic amines is 1. The summed E-state index contributed by atoms with van der Waals surface area (Å²) in [5, 5.41) is 3.36. The van der Waals surface area contributed by atoms with Gasteiger partial charge in [0, 0.05) is 12.7 Å². The molecule has 0 aliphatic carbocycles. The van der Waals surface area contributed by atoms with Gasteiger partial charge in [0.05, 0.1) is 0 Å². The highest BCUT2D eigenvalue weighted by Gasteiger charge is 1.91. The summed E-state index contributed by atoms with van der Waals surface area (Å²) in [4.78, 5) is 3.14. The van der Waals surface area contributed by atoms with Crippen molar-refractivity contribution in [2.75, 3.05) is 11.9 Å². The van der Waals surface area contributed by atoms with Crippen LogP contribution in [0.3, 0.4) is 0 Å². The minimum Gasteiger partial charge on any atom is -0.372 e. The van der Waals surface area contributed by atoms with Gasteiger partial charge < -0.3 is 10.3 Å². The van der Waals surface area contributed by atoms with Gasteiger partial charge in [-0.05, 0) is 18.6 Å². The van der Waals surface area contributed by atoms with Crippen molar-refractivity contribution in [3.8, 4) is 0 Å². The van der Waals surface area contributed by atoms with Crippen molar-refractivity contribution in [1.29, 1.82) is 0 Å². The quantitative estimate of drug-likeness (QED) is 0.605. The van der Waals surface area contributed by atoms with E-state index in [0.29, 0.717) is 0 Å². The summed E-state index contributed by atoms with van der Waals surface area (Å²) in [6, 6.07) is 4.08. The van der Waals surface area contributed by atoms with Crippen LogP contribution in [0.2, 0.25) is 0 Å². The molecule has 2 nitrogen and oxygen atoms in total. The topological polar surface area (TPSA) is 27.8 Å². The summed E-state index contributed by atoms with van der Waals surface area (Å²) in [6.07, 6.45) is 10.1. The number of H-pyrrole nitrogens is 1. The van der Waals surface area contributed by atoms with Crippen molar-refractivity contribution in [1.82, 2.24) is 4.98 Å². The fourth-order valence-corrected chi connectivity index (χ4v) is 1.57. The minimum absolute atomic E-state index is 1.09. The molecule has 0 fully saturated rings. The highest BCUT2D eigenvalue weighted by Crippen LogP contribution is 2.06. The van der Waals surface area contributed by atoms with Gasteiger partial charge >= 0.3 is 0 Å². The van der Waals surface area contributed by atoms with Gasteiger partial charge in [-0.3, -0.25) is 0 Å². The Kier molecular flexibility index (Phi) is 5.96. The van der Waals surface area contributed by atoms with Crippen molar-refractivity contribution in [3.63, 3.8) is 0 Å². The third-order valence-electron chi connectivity index (χ3n) is 2.44. The molecule has 0 unspecified atom stereocenters. The van der Waals surface area contributed by atoms with E-state index in [1.807, 2.05) is 12.3 Å². The number of anilines is 1. The van der Waals surface area contributed by atoms with Gasteiger partial charge in [0.1, 0.15) is 5.82 Å². The van der Waals surface area contributed by atoms with E-state index in [-0.39, 0.29) is 0 Å². The van der Waals surface area contributed by atoms with Gasteiger partial charge in [-0.15, -0.1) is 0 Å². The maximum Gasteiger partial charge on any atom is 0.103 e. The zero-order valence-corrected chi connectivity index (χ0v) is 9.18. The molecule has 0 aromatic carbocycles. The smallest absolute Gasteiger partial charge is 0.103 e. The number of hydrogen-bond donors (Lipinski definition) is 2. The number of unbranched alkanes of at least 4 members (excludes halogenated alkanes) is 5. The third kappa shape index (κ3) is 4.95. The molecule has 0 bridgehead atoms. The number of hydrogen-bond acceptors (Lipinski definition) is 1. The lowest BCUT2D eigenvalue weighted by Gasteiger charge is -2.03. The fourth-order valence-electron chi connectivity index (χ4n) is 1.57. The van der Waals surface area contributed by atoms with Crippen LogP contribution in [0.1, 0.15) is 45.4 Å². The highest BCUT2D eigenvalue weighted by molar-refractivity contribution is 5.33. The van der Waals surface area contributed by atoms with E-state index in [9.17, 15) is 0 Å². The van der Waals surface area contributed by atoms with E-state index in [1.165, 1.54) is 38.5 Å². The number of rotatable bonds is 8. The standard InChI is InChI=1S/C12H22N2/c1-2-3-4-5-6-7-10-13-12-9-8-11-14-12/h8-9,11,13-14H,2-7,10H2,1H3. The van der Waals surface area contributed by atoms with Crippen LogP contribution < -0.4 is 5.32 Å². The summed E-state index contributed by atoms with van der Waals surface area (Å²) in [6.45, 7) is 3.35. The number of aromatic nitrogens is 1. The van der Waals surface area contributed by atoms with Crippen LogP contribution in [-0.2, 0) is 0 Å². The second kappa shape index (κ2) is 7.48. The van der Waals surface area contributed by atoms with E-state index in [1.54, 1.807) is 0 Å². The van der Waals surface area contributed by atoms with Crippen molar-refractivity contribution in [3.05, 3.63) is 18.3 Å². The monoisotopic (exact) mass is 194 g/mol. The molecule has 1 aromatic rings. The van der Waals surface area contributed by atoms with Crippen molar-refractivity contribution in [2.45, 2.75) is 45.4 Å². The van der Waals surface area contributed by atoms with E-state index < -0.39 is 0 Å². The van der Waals surface area contributed by atoms with Crippen LogP contribution in [0.15, 0.2) is 18.3 Å². The Labute approximate surface area is 87.1 Å². The van der Waals surface area contributed by atoms with Crippen molar-refractivity contribution >= 4 is 5.82 Å². The maximum absolute atomic E-state index is 3.36. The van der Waals surface area contributed by atoms with Gasteiger partial charge in [-0.1, -0.05) is 39.0 Å². The van der Waals surface area contributed by atoms with Crippen molar-refractivity contribution < 1.29 is 0 Å². The Morgan fingerprint density at radius 2 is 1.93 bits per heavy atom. The molecule has 1 heterocycles. The van der Waals surface area contributed by atoms with Gasteiger partial charge in [0.25, 0.3) is 0 Å². The van der Waals surface area contributed by atoms with Gasteiger partial charge in [-0.25, -0.2) is 0 Å². The predicted molar refractivity (Wildman–Crippen MR) is 62.7 cm³/mol. The molecule has 0 atom stereocenters. The number of nitrogens with one attached hydrogen (secondary N) is 2. The first-order valence-electron chi connectivity index (χ1n) is 5.80. The highest BCUT2D eigenvalue weighted by atomic mass is 15.0. The first-order valence-corrected chi connectivity index (χ1v) is 5.80. The summed E-state index contributed by atoms with van der Waals surface area (Å²) in [5.41, 5.74) is 0. The molecular formula is C12H22N2. The summed E-state index contributed by atoms with van der Waals surface area (Å²) in [7, 11) is 0. The molecule has 0 aliphatic heterocycles.